The lowest BCUT2D eigenvalue weighted by Crippen LogP contribution is -2.34. The number of carbonyl (C=O) groups is 2. The zero-order chi connectivity index (χ0) is 24.3. The highest BCUT2D eigenvalue weighted by molar-refractivity contribution is 7.90. The van der Waals surface area contributed by atoms with E-state index in [1.807, 2.05) is 13.0 Å². The van der Waals surface area contributed by atoms with Crippen molar-refractivity contribution in [3.63, 3.8) is 0 Å². The summed E-state index contributed by atoms with van der Waals surface area (Å²) in [5.74, 6) is -0.0228. The van der Waals surface area contributed by atoms with Gasteiger partial charge in [-0.1, -0.05) is 32.0 Å². The Bertz CT molecular complexity index is 1160. The van der Waals surface area contributed by atoms with E-state index in [-0.39, 0.29) is 30.0 Å². The first-order valence-electron chi connectivity index (χ1n) is 10.8. The van der Waals surface area contributed by atoms with E-state index in [2.05, 4.69) is 5.32 Å². The third-order valence-corrected chi connectivity index (χ3v) is 6.38. The average Bonchev–Trinajstić information content (AvgIpc) is 3.09. The third-order valence-electron chi connectivity index (χ3n) is 5.46. The van der Waals surface area contributed by atoms with Crippen LogP contribution in [0.5, 0.6) is 11.5 Å². The van der Waals surface area contributed by atoms with Crippen LogP contribution >= 0.6 is 0 Å². The predicted octanol–water partition coefficient (Wildman–Crippen LogP) is 3.43. The number of nitrogens with one attached hydrogen (secondary N) is 1. The van der Waals surface area contributed by atoms with Crippen LogP contribution in [0.15, 0.2) is 36.4 Å². The molecule has 2 aromatic rings. The molecule has 2 aromatic carbocycles. The standard InChI is InChI=1S/C24H30N2O6S/c1-6-32-21-12-16(10-11-20(21)31-4)19(14-33(5,29)30)26-13-17-8-7-9-18(22(17)24(26)28)25-23(27)15(2)3/h7-12,15,19H,6,13-14H2,1-5H3,(H,25,27)/t19-/m1/s1. The molecule has 0 unspecified atom stereocenters. The van der Waals surface area contributed by atoms with Gasteiger partial charge in [-0.3, -0.25) is 9.59 Å². The van der Waals surface area contributed by atoms with Gasteiger partial charge >= 0.3 is 0 Å². The van der Waals surface area contributed by atoms with Gasteiger partial charge in [-0.25, -0.2) is 8.42 Å². The molecule has 0 saturated heterocycles. The van der Waals surface area contributed by atoms with E-state index in [1.54, 1.807) is 44.2 Å². The Balaban J connectivity index is 2.03. The summed E-state index contributed by atoms with van der Waals surface area (Å²) in [6.07, 6.45) is 1.15. The minimum atomic E-state index is -3.44. The van der Waals surface area contributed by atoms with Crippen molar-refractivity contribution in [3.8, 4) is 11.5 Å². The molecule has 33 heavy (non-hydrogen) atoms. The molecule has 1 heterocycles. The van der Waals surface area contributed by atoms with Crippen LogP contribution in [0.1, 0.15) is 48.3 Å². The van der Waals surface area contributed by atoms with Crippen molar-refractivity contribution < 1.29 is 27.5 Å². The molecule has 8 nitrogen and oxygen atoms in total. The quantitative estimate of drug-likeness (QED) is 0.597. The van der Waals surface area contributed by atoms with Crippen molar-refractivity contribution >= 4 is 27.3 Å². The second-order valence-corrected chi connectivity index (χ2v) is 10.6. The van der Waals surface area contributed by atoms with Crippen molar-refractivity contribution in [3.05, 3.63) is 53.1 Å². The van der Waals surface area contributed by atoms with Gasteiger partial charge in [0, 0.05) is 18.7 Å². The number of ether oxygens (including phenoxy) is 2. The fourth-order valence-corrected chi connectivity index (χ4v) is 4.78. The van der Waals surface area contributed by atoms with Gasteiger partial charge in [0.2, 0.25) is 5.91 Å². The monoisotopic (exact) mass is 474 g/mol. The molecule has 178 valence electrons. The van der Waals surface area contributed by atoms with Gasteiger partial charge in [-0.2, -0.15) is 0 Å². The number of anilines is 1. The zero-order valence-electron chi connectivity index (χ0n) is 19.5. The van der Waals surface area contributed by atoms with Gasteiger partial charge < -0.3 is 19.7 Å². The maximum Gasteiger partial charge on any atom is 0.257 e. The molecule has 0 aromatic heterocycles. The van der Waals surface area contributed by atoms with Gasteiger partial charge in [-0.05, 0) is 36.2 Å². The van der Waals surface area contributed by atoms with Crippen LogP contribution in [-0.2, 0) is 21.2 Å². The number of nitrogens with zero attached hydrogens (tertiary/aromatic N) is 1. The Hall–Kier alpha value is -3.07. The minimum absolute atomic E-state index is 0.196. The highest BCUT2D eigenvalue weighted by Crippen LogP contribution is 2.38. The first-order valence-corrected chi connectivity index (χ1v) is 12.8. The molecule has 0 radical (unpaired) electrons. The second-order valence-electron chi connectivity index (χ2n) is 8.37. The smallest absolute Gasteiger partial charge is 0.257 e. The fourth-order valence-electron chi connectivity index (χ4n) is 3.84. The van der Waals surface area contributed by atoms with E-state index in [0.29, 0.717) is 34.9 Å². The number of amides is 2. The van der Waals surface area contributed by atoms with Crippen LogP contribution in [0.4, 0.5) is 5.69 Å². The van der Waals surface area contributed by atoms with Crippen LogP contribution in [0, 0.1) is 5.92 Å². The predicted molar refractivity (Wildman–Crippen MR) is 126 cm³/mol. The van der Waals surface area contributed by atoms with E-state index in [1.165, 1.54) is 12.0 Å². The summed E-state index contributed by atoms with van der Waals surface area (Å²) >= 11 is 0. The normalized spacial score (nSPS) is 14.2. The number of rotatable bonds is 9. The first kappa shape index (κ1) is 24.6. The number of hydrogen-bond acceptors (Lipinski definition) is 6. The molecule has 0 spiro atoms. The number of carbonyl (C=O) groups excluding carboxylic acids is 2. The molecule has 0 bridgehead atoms. The van der Waals surface area contributed by atoms with E-state index >= 15 is 0 Å². The molecule has 3 rings (SSSR count). The topological polar surface area (TPSA) is 102 Å². The van der Waals surface area contributed by atoms with E-state index in [0.717, 1.165) is 11.8 Å². The van der Waals surface area contributed by atoms with E-state index in [9.17, 15) is 18.0 Å². The summed E-state index contributed by atoms with van der Waals surface area (Å²) in [7, 11) is -1.91. The number of methoxy groups -OCH3 is 1. The van der Waals surface area contributed by atoms with Crippen LogP contribution < -0.4 is 14.8 Å². The van der Waals surface area contributed by atoms with Crippen molar-refractivity contribution in [1.29, 1.82) is 0 Å². The molecular weight excluding hydrogens is 444 g/mol. The Morgan fingerprint density at radius 3 is 2.52 bits per heavy atom. The molecule has 0 aliphatic carbocycles. The highest BCUT2D eigenvalue weighted by Gasteiger charge is 2.37. The van der Waals surface area contributed by atoms with Crippen molar-refractivity contribution in [2.24, 2.45) is 5.92 Å². The molecule has 1 N–H and O–H groups in total. The molecular formula is C24H30N2O6S. The summed E-state index contributed by atoms with van der Waals surface area (Å²) in [6.45, 7) is 6.02. The van der Waals surface area contributed by atoms with Gasteiger partial charge in [0.05, 0.1) is 36.8 Å². The fraction of sp³-hybridized carbons (Fsp3) is 0.417. The van der Waals surface area contributed by atoms with E-state index in [4.69, 9.17) is 9.47 Å². The zero-order valence-corrected chi connectivity index (χ0v) is 20.4. The molecule has 9 heteroatoms. The van der Waals surface area contributed by atoms with Gasteiger partial charge in [0.25, 0.3) is 5.91 Å². The molecule has 1 aliphatic rings. The van der Waals surface area contributed by atoms with E-state index < -0.39 is 15.9 Å². The van der Waals surface area contributed by atoms with Gasteiger partial charge in [0.15, 0.2) is 11.5 Å². The molecule has 1 atom stereocenters. The van der Waals surface area contributed by atoms with Crippen LogP contribution in [0.25, 0.3) is 0 Å². The Morgan fingerprint density at radius 1 is 1.18 bits per heavy atom. The number of hydrogen-bond donors (Lipinski definition) is 1. The van der Waals surface area contributed by atoms with Crippen molar-refractivity contribution in [1.82, 2.24) is 4.90 Å². The summed E-state index contributed by atoms with van der Waals surface area (Å²) in [4.78, 5) is 27.3. The van der Waals surface area contributed by atoms with Gasteiger partial charge in [0.1, 0.15) is 9.84 Å². The number of benzene rings is 2. The summed E-state index contributed by atoms with van der Waals surface area (Å²) in [5, 5.41) is 2.82. The Labute approximate surface area is 194 Å². The lowest BCUT2D eigenvalue weighted by Gasteiger charge is -2.28. The van der Waals surface area contributed by atoms with Crippen LogP contribution in [-0.4, -0.2) is 50.9 Å². The molecule has 0 saturated carbocycles. The summed E-state index contributed by atoms with van der Waals surface area (Å²) < 4.78 is 35.6. The Kier molecular flexibility index (Phi) is 7.31. The molecule has 2 amide bonds. The van der Waals surface area contributed by atoms with Gasteiger partial charge in [-0.15, -0.1) is 0 Å². The van der Waals surface area contributed by atoms with Crippen LogP contribution in [0.3, 0.4) is 0 Å². The van der Waals surface area contributed by atoms with Crippen molar-refractivity contribution in [2.45, 2.75) is 33.4 Å². The highest BCUT2D eigenvalue weighted by atomic mass is 32.2. The lowest BCUT2D eigenvalue weighted by molar-refractivity contribution is -0.118. The number of sulfone groups is 1. The lowest BCUT2D eigenvalue weighted by atomic mass is 10.1. The largest absolute Gasteiger partial charge is 0.493 e. The molecule has 1 aliphatic heterocycles. The maximum absolute atomic E-state index is 13.5. The SMILES string of the molecule is CCOc1cc([C@@H](CS(C)(=O)=O)N2Cc3cccc(NC(=O)C(C)C)c3C2=O)ccc1OC. The average molecular weight is 475 g/mol. The number of fused-ring (bicyclic) bond motifs is 1. The third kappa shape index (κ3) is 5.47. The second kappa shape index (κ2) is 9.82. The maximum atomic E-state index is 13.5. The van der Waals surface area contributed by atoms with Crippen LogP contribution in [0.2, 0.25) is 0 Å². The Morgan fingerprint density at radius 2 is 1.91 bits per heavy atom. The summed E-state index contributed by atoms with van der Waals surface area (Å²) in [6, 6.07) is 9.71. The summed E-state index contributed by atoms with van der Waals surface area (Å²) in [5.41, 5.74) is 2.18. The first-order chi connectivity index (χ1) is 15.6. The minimum Gasteiger partial charge on any atom is -0.493 e. The molecule has 0 fully saturated rings. The van der Waals surface area contributed by atoms with Crippen molar-refractivity contribution in [2.75, 3.05) is 31.0 Å².